The zero-order chi connectivity index (χ0) is 27.9. The van der Waals surface area contributed by atoms with E-state index in [0.717, 1.165) is 47.5 Å². The molecule has 3 aliphatic rings. The molecule has 6 rings (SSSR count). The first-order chi connectivity index (χ1) is 19.4. The Kier molecular flexibility index (Phi) is 7.16. The van der Waals surface area contributed by atoms with Crippen LogP contribution in [0, 0.1) is 31.1 Å². The summed E-state index contributed by atoms with van der Waals surface area (Å²) in [6, 6.07) is 18.2. The first kappa shape index (κ1) is 26.6. The molecule has 5 nitrogen and oxygen atoms in total. The highest BCUT2D eigenvalue weighted by molar-refractivity contribution is 5.93. The maximum atomic E-state index is 9.97. The van der Waals surface area contributed by atoms with Crippen LogP contribution in [0.15, 0.2) is 64.8 Å². The molecule has 2 fully saturated rings. The second-order valence-electron chi connectivity index (χ2n) is 12.1. The Morgan fingerprint density at radius 3 is 2.73 bits per heavy atom. The first-order valence-electron chi connectivity index (χ1n) is 14.7. The van der Waals surface area contributed by atoms with Crippen molar-refractivity contribution in [2.75, 3.05) is 7.11 Å². The molecule has 0 bridgehead atoms. The summed E-state index contributed by atoms with van der Waals surface area (Å²) in [6.07, 6.45) is 8.69. The molecule has 208 valence electrons. The molecule has 0 aliphatic heterocycles. The highest BCUT2D eigenvalue weighted by atomic mass is 16.5. The van der Waals surface area contributed by atoms with Gasteiger partial charge in [0, 0.05) is 16.7 Å². The minimum absolute atomic E-state index is 0.123. The van der Waals surface area contributed by atoms with Gasteiger partial charge in [0.05, 0.1) is 13.3 Å². The summed E-state index contributed by atoms with van der Waals surface area (Å²) in [6.45, 7) is 7.04. The minimum Gasteiger partial charge on any atom is -0.508 e. The summed E-state index contributed by atoms with van der Waals surface area (Å²) < 4.78 is 11.8. The molecule has 0 amide bonds. The van der Waals surface area contributed by atoms with Gasteiger partial charge >= 0.3 is 0 Å². The third-order valence-electron chi connectivity index (χ3n) is 10.1. The number of hydrogen-bond donors (Lipinski definition) is 1. The lowest BCUT2D eigenvalue weighted by Gasteiger charge is -2.49. The first-order valence-corrected chi connectivity index (χ1v) is 14.7. The van der Waals surface area contributed by atoms with E-state index < -0.39 is 0 Å². The third kappa shape index (κ3) is 4.80. The summed E-state index contributed by atoms with van der Waals surface area (Å²) in [7, 11) is 1.69. The van der Waals surface area contributed by atoms with E-state index in [-0.39, 0.29) is 5.41 Å². The normalized spacial score (nSPS) is 26.4. The van der Waals surface area contributed by atoms with Gasteiger partial charge in [0.1, 0.15) is 23.9 Å². The lowest BCUT2D eigenvalue weighted by Crippen LogP contribution is -2.42. The predicted molar refractivity (Wildman–Crippen MR) is 161 cm³/mol. The minimum atomic E-state index is 0.123. The largest absolute Gasteiger partial charge is 0.508 e. The number of benzene rings is 3. The Balaban J connectivity index is 1.17. The number of methoxy groups -OCH3 is 1. The standard InChI is InChI=1S/C35H40N2O3/c1-22-6-5-7-32(23(22)2)40-21-26-18-24(8-14-33(26)39-4)20-36-37-34-15-13-31-30-11-9-25-19-27(38)10-12-28(25)29(30)16-17-35(31,34)3/h5-8,10,12,14,18-20,29-31,38H,9,11,13,15-17,21H2,1-4H3/b36-20-,37-34-/t29-,30-,31+,35-/m0/s1. The van der Waals surface area contributed by atoms with Crippen molar-refractivity contribution in [3.8, 4) is 17.2 Å². The SMILES string of the molecule is COc1ccc(/C=N\N=C2\CC[C@@H]3[C@H]4CCc5cc(O)ccc5[C@@H]4CC[C@]23C)cc1COc1cccc(C)c1C. The van der Waals surface area contributed by atoms with Gasteiger partial charge in [0.25, 0.3) is 0 Å². The second kappa shape index (κ2) is 10.8. The van der Waals surface area contributed by atoms with E-state index in [1.807, 2.05) is 42.6 Å². The number of phenols is 1. The van der Waals surface area contributed by atoms with Crippen molar-refractivity contribution in [3.63, 3.8) is 0 Å². The fourth-order valence-corrected chi connectivity index (χ4v) is 7.71. The van der Waals surface area contributed by atoms with Crippen molar-refractivity contribution in [2.45, 2.75) is 71.8 Å². The van der Waals surface area contributed by atoms with Crippen LogP contribution in [0.4, 0.5) is 0 Å². The third-order valence-corrected chi connectivity index (χ3v) is 10.1. The molecular weight excluding hydrogens is 496 g/mol. The van der Waals surface area contributed by atoms with Gasteiger partial charge in [-0.05, 0) is 134 Å². The topological polar surface area (TPSA) is 63.4 Å². The summed E-state index contributed by atoms with van der Waals surface area (Å²) in [5.74, 6) is 4.04. The number of aryl methyl sites for hydroxylation is 2. The maximum absolute atomic E-state index is 9.97. The molecule has 4 atom stereocenters. The van der Waals surface area contributed by atoms with E-state index in [2.05, 4.69) is 44.1 Å². The van der Waals surface area contributed by atoms with E-state index >= 15 is 0 Å². The number of aromatic hydroxyl groups is 1. The average molecular weight is 537 g/mol. The van der Waals surface area contributed by atoms with Gasteiger partial charge in [-0.1, -0.05) is 25.1 Å². The van der Waals surface area contributed by atoms with Crippen LogP contribution in [-0.4, -0.2) is 24.1 Å². The zero-order valence-electron chi connectivity index (χ0n) is 24.1. The van der Waals surface area contributed by atoms with Gasteiger partial charge in [-0.2, -0.15) is 10.2 Å². The van der Waals surface area contributed by atoms with E-state index in [1.54, 1.807) is 7.11 Å². The van der Waals surface area contributed by atoms with E-state index in [0.29, 0.717) is 30.1 Å². The fraction of sp³-hybridized carbons (Fsp3) is 0.429. The molecule has 0 radical (unpaired) electrons. The molecule has 0 unspecified atom stereocenters. The quantitative estimate of drug-likeness (QED) is 0.257. The van der Waals surface area contributed by atoms with Gasteiger partial charge in [-0.15, -0.1) is 0 Å². The molecule has 3 aliphatic carbocycles. The van der Waals surface area contributed by atoms with Crippen molar-refractivity contribution in [2.24, 2.45) is 27.5 Å². The van der Waals surface area contributed by atoms with E-state index in [9.17, 15) is 5.11 Å². The summed E-state index contributed by atoms with van der Waals surface area (Å²) >= 11 is 0. The summed E-state index contributed by atoms with van der Waals surface area (Å²) in [5, 5.41) is 19.4. The molecule has 0 spiro atoms. The molecule has 0 heterocycles. The van der Waals surface area contributed by atoms with Gasteiger partial charge in [-0.3, -0.25) is 0 Å². The van der Waals surface area contributed by atoms with Crippen LogP contribution in [-0.2, 0) is 13.0 Å². The van der Waals surface area contributed by atoms with E-state index in [4.69, 9.17) is 14.6 Å². The number of ether oxygens (including phenoxy) is 2. The second-order valence-corrected chi connectivity index (χ2v) is 12.1. The number of rotatable bonds is 6. The number of hydrogen-bond acceptors (Lipinski definition) is 5. The lowest BCUT2D eigenvalue weighted by atomic mass is 9.55. The monoisotopic (exact) mass is 536 g/mol. The molecular formula is C35H40N2O3. The lowest BCUT2D eigenvalue weighted by molar-refractivity contribution is 0.0955. The molecule has 3 aromatic rings. The van der Waals surface area contributed by atoms with E-state index in [1.165, 1.54) is 41.7 Å². The fourth-order valence-electron chi connectivity index (χ4n) is 7.71. The molecule has 40 heavy (non-hydrogen) atoms. The van der Waals surface area contributed by atoms with Crippen LogP contribution in [0.5, 0.6) is 17.2 Å². The van der Waals surface area contributed by atoms with Crippen LogP contribution in [0.1, 0.15) is 78.3 Å². The summed E-state index contributed by atoms with van der Waals surface area (Å²) in [4.78, 5) is 0. The van der Waals surface area contributed by atoms with Crippen LogP contribution in [0.25, 0.3) is 0 Å². The smallest absolute Gasteiger partial charge is 0.125 e. The molecule has 0 saturated heterocycles. The van der Waals surface area contributed by atoms with Gasteiger partial charge in [-0.25, -0.2) is 0 Å². The van der Waals surface area contributed by atoms with Gasteiger partial charge < -0.3 is 14.6 Å². The Bertz CT molecular complexity index is 1480. The molecule has 3 aromatic carbocycles. The highest BCUT2D eigenvalue weighted by Crippen LogP contribution is 2.60. The Hall–Kier alpha value is -3.60. The predicted octanol–water partition coefficient (Wildman–Crippen LogP) is 7.93. The molecule has 1 N–H and O–H groups in total. The maximum Gasteiger partial charge on any atom is 0.125 e. The van der Waals surface area contributed by atoms with Crippen LogP contribution in [0.2, 0.25) is 0 Å². The van der Waals surface area contributed by atoms with Crippen LogP contribution >= 0.6 is 0 Å². The number of phenolic OH excluding ortho intramolecular Hbond substituents is 1. The van der Waals surface area contributed by atoms with Crippen molar-refractivity contribution in [3.05, 3.63) is 88.0 Å². The van der Waals surface area contributed by atoms with Crippen LogP contribution in [0.3, 0.4) is 0 Å². The molecule has 0 aromatic heterocycles. The number of fused-ring (bicyclic) bond motifs is 5. The molecule has 5 heteroatoms. The van der Waals surface area contributed by atoms with Crippen LogP contribution < -0.4 is 9.47 Å². The van der Waals surface area contributed by atoms with Crippen molar-refractivity contribution in [1.82, 2.24) is 0 Å². The highest BCUT2D eigenvalue weighted by Gasteiger charge is 2.53. The average Bonchev–Trinajstić information content (AvgIpc) is 3.29. The van der Waals surface area contributed by atoms with Crippen molar-refractivity contribution >= 4 is 11.9 Å². The Labute approximate surface area is 238 Å². The van der Waals surface area contributed by atoms with Gasteiger partial charge in [0.15, 0.2) is 0 Å². The zero-order valence-corrected chi connectivity index (χ0v) is 24.1. The summed E-state index contributed by atoms with van der Waals surface area (Å²) in [5.41, 5.74) is 8.54. The number of nitrogens with zero attached hydrogens (tertiary/aromatic N) is 2. The molecule has 2 saturated carbocycles. The van der Waals surface area contributed by atoms with Crippen molar-refractivity contribution < 1.29 is 14.6 Å². The Morgan fingerprint density at radius 2 is 1.88 bits per heavy atom. The van der Waals surface area contributed by atoms with Crippen molar-refractivity contribution in [1.29, 1.82) is 0 Å². The Morgan fingerprint density at radius 1 is 1.00 bits per heavy atom. The van der Waals surface area contributed by atoms with Gasteiger partial charge in [0.2, 0.25) is 0 Å².